The van der Waals surface area contributed by atoms with E-state index in [1.807, 2.05) is 55.5 Å². The Morgan fingerprint density at radius 2 is 1.68 bits per heavy atom. The van der Waals surface area contributed by atoms with Gasteiger partial charge >= 0.3 is 0 Å². The highest BCUT2D eigenvalue weighted by molar-refractivity contribution is 5.87. The molecule has 0 aliphatic rings. The molecule has 2 rings (SSSR count). The summed E-state index contributed by atoms with van der Waals surface area (Å²) in [6.45, 7) is 8.14. The first-order valence-electron chi connectivity index (χ1n) is 9.62. The second-order valence-corrected chi connectivity index (χ2v) is 7.22. The second kappa shape index (κ2) is 9.93. The molecule has 0 spiro atoms. The molecule has 0 saturated heterocycles. The van der Waals surface area contributed by atoms with Crippen molar-refractivity contribution in [2.45, 2.75) is 46.2 Å². The molecule has 0 saturated carbocycles. The number of carbonyl (C=O) groups is 2. The van der Waals surface area contributed by atoms with Crippen LogP contribution in [0.4, 0.5) is 0 Å². The minimum Gasteiger partial charge on any atom is -0.483 e. The minimum atomic E-state index is -0.596. The van der Waals surface area contributed by atoms with E-state index in [-0.39, 0.29) is 18.4 Å². The molecule has 0 fully saturated rings. The van der Waals surface area contributed by atoms with Gasteiger partial charge in [-0.3, -0.25) is 9.59 Å². The molecule has 5 nitrogen and oxygen atoms in total. The van der Waals surface area contributed by atoms with Gasteiger partial charge in [0, 0.05) is 13.6 Å². The number of likely N-dealkylation sites (N-methyl/N-ethyl adjacent to an activating group) is 1. The van der Waals surface area contributed by atoms with Crippen molar-refractivity contribution in [3.05, 3.63) is 65.2 Å². The summed E-state index contributed by atoms with van der Waals surface area (Å²) >= 11 is 0. The van der Waals surface area contributed by atoms with Crippen LogP contribution in [0.25, 0.3) is 0 Å². The molecule has 0 aliphatic heterocycles. The first-order valence-corrected chi connectivity index (χ1v) is 9.62. The lowest BCUT2D eigenvalue weighted by Crippen LogP contribution is -2.48. The molecule has 0 aliphatic carbocycles. The summed E-state index contributed by atoms with van der Waals surface area (Å²) in [5, 5.41) is 2.62. The van der Waals surface area contributed by atoms with Crippen molar-refractivity contribution in [2.75, 3.05) is 13.7 Å². The van der Waals surface area contributed by atoms with E-state index in [9.17, 15) is 9.59 Å². The number of ether oxygens (including phenoxy) is 1. The SMILES string of the molecule is CNC(=O)[C@@H](C)N(Cc1ccccc1C)C(=O)COc1ccccc1C(C)C. The fourth-order valence-electron chi connectivity index (χ4n) is 3.07. The standard InChI is InChI=1S/C23H30N2O3/c1-16(2)20-12-8-9-13-21(20)28-15-22(26)25(18(4)23(27)24-5)14-19-11-7-6-10-17(19)3/h6-13,16,18H,14-15H2,1-5H3,(H,24,27)/t18-/m1/s1. The van der Waals surface area contributed by atoms with E-state index in [1.165, 1.54) is 0 Å². The van der Waals surface area contributed by atoms with Crippen LogP contribution in [0.15, 0.2) is 48.5 Å². The van der Waals surface area contributed by atoms with Crippen LogP contribution in [0.3, 0.4) is 0 Å². The molecular formula is C23H30N2O3. The predicted octanol–water partition coefficient (Wildman–Crippen LogP) is 3.66. The number of carbonyl (C=O) groups excluding carboxylic acids is 2. The molecule has 0 heterocycles. The van der Waals surface area contributed by atoms with Gasteiger partial charge in [-0.2, -0.15) is 0 Å². The number of amides is 2. The fraction of sp³-hybridized carbons (Fsp3) is 0.391. The lowest BCUT2D eigenvalue weighted by Gasteiger charge is -2.29. The number of para-hydroxylation sites is 1. The van der Waals surface area contributed by atoms with Gasteiger partial charge in [0.25, 0.3) is 5.91 Å². The van der Waals surface area contributed by atoms with Crippen LogP contribution in [0.2, 0.25) is 0 Å². The van der Waals surface area contributed by atoms with E-state index in [4.69, 9.17) is 4.74 Å². The van der Waals surface area contributed by atoms with E-state index < -0.39 is 6.04 Å². The van der Waals surface area contributed by atoms with Crippen LogP contribution < -0.4 is 10.1 Å². The third-order valence-electron chi connectivity index (χ3n) is 4.91. The third kappa shape index (κ3) is 5.35. The van der Waals surface area contributed by atoms with Crippen molar-refractivity contribution in [2.24, 2.45) is 0 Å². The predicted molar refractivity (Wildman–Crippen MR) is 111 cm³/mol. The molecule has 0 bridgehead atoms. The summed E-state index contributed by atoms with van der Waals surface area (Å²) in [5.74, 6) is 0.566. The summed E-state index contributed by atoms with van der Waals surface area (Å²) in [6, 6.07) is 15.0. The van der Waals surface area contributed by atoms with Crippen molar-refractivity contribution >= 4 is 11.8 Å². The molecule has 150 valence electrons. The normalized spacial score (nSPS) is 11.8. The lowest BCUT2D eigenvalue weighted by atomic mass is 10.0. The van der Waals surface area contributed by atoms with E-state index in [1.54, 1.807) is 18.9 Å². The van der Waals surface area contributed by atoms with Gasteiger partial charge in [0.15, 0.2) is 6.61 Å². The molecule has 0 aromatic heterocycles. The first kappa shape index (κ1) is 21.5. The van der Waals surface area contributed by atoms with Crippen LogP contribution in [0.5, 0.6) is 5.75 Å². The second-order valence-electron chi connectivity index (χ2n) is 7.22. The number of nitrogens with one attached hydrogen (secondary N) is 1. The van der Waals surface area contributed by atoms with Gasteiger partial charge in [-0.25, -0.2) is 0 Å². The lowest BCUT2D eigenvalue weighted by molar-refractivity contribution is -0.142. The zero-order chi connectivity index (χ0) is 20.7. The molecule has 2 aromatic rings. The smallest absolute Gasteiger partial charge is 0.261 e. The van der Waals surface area contributed by atoms with Crippen molar-refractivity contribution < 1.29 is 14.3 Å². The Balaban J connectivity index is 2.19. The summed E-state index contributed by atoms with van der Waals surface area (Å²) in [6.07, 6.45) is 0. The van der Waals surface area contributed by atoms with Crippen molar-refractivity contribution in [3.63, 3.8) is 0 Å². The number of nitrogens with zero attached hydrogens (tertiary/aromatic N) is 1. The average Bonchev–Trinajstić information content (AvgIpc) is 2.70. The van der Waals surface area contributed by atoms with Gasteiger partial charge in [0.05, 0.1) is 0 Å². The molecule has 5 heteroatoms. The van der Waals surface area contributed by atoms with Crippen LogP contribution in [-0.2, 0) is 16.1 Å². The number of benzene rings is 2. The maximum Gasteiger partial charge on any atom is 0.261 e. The Labute approximate surface area is 167 Å². The van der Waals surface area contributed by atoms with E-state index in [0.717, 1.165) is 16.7 Å². The summed E-state index contributed by atoms with van der Waals surface area (Å²) in [7, 11) is 1.57. The maximum atomic E-state index is 13.0. The maximum absolute atomic E-state index is 13.0. The quantitative estimate of drug-likeness (QED) is 0.758. The number of aryl methyl sites for hydroxylation is 1. The molecule has 2 aromatic carbocycles. The van der Waals surface area contributed by atoms with Crippen LogP contribution in [0.1, 0.15) is 43.4 Å². The Morgan fingerprint density at radius 1 is 1.04 bits per heavy atom. The summed E-state index contributed by atoms with van der Waals surface area (Å²) in [5.41, 5.74) is 3.14. The van der Waals surface area contributed by atoms with E-state index in [2.05, 4.69) is 19.2 Å². The Kier molecular flexibility index (Phi) is 7.61. The number of hydrogen-bond acceptors (Lipinski definition) is 3. The average molecular weight is 383 g/mol. The molecule has 0 unspecified atom stereocenters. The van der Waals surface area contributed by atoms with Gasteiger partial charge < -0.3 is 15.0 Å². The van der Waals surface area contributed by atoms with Gasteiger partial charge in [-0.15, -0.1) is 0 Å². The van der Waals surface area contributed by atoms with Gasteiger partial charge in [0.1, 0.15) is 11.8 Å². The van der Waals surface area contributed by atoms with Gasteiger partial charge in [-0.05, 0) is 42.5 Å². The molecule has 1 N–H and O–H groups in total. The Bertz CT molecular complexity index is 817. The number of hydrogen-bond donors (Lipinski definition) is 1. The highest BCUT2D eigenvalue weighted by Gasteiger charge is 2.26. The van der Waals surface area contributed by atoms with Crippen molar-refractivity contribution in [1.29, 1.82) is 0 Å². The zero-order valence-electron chi connectivity index (χ0n) is 17.4. The summed E-state index contributed by atoms with van der Waals surface area (Å²) in [4.78, 5) is 26.8. The fourth-order valence-corrected chi connectivity index (χ4v) is 3.07. The highest BCUT2D eigenvalue weighted by atomic mass is 16.5. The Hall–Kier alpha value is -2.82. The van der Waals surface area contributed by atoms with Crippen LogP contribution >= 0.6 is 0 Å². The monoisotopic (exact) mass is 382 g/mol. The molecule has 0 radical (unpaired) electrons. The molecule has 1 atom stereocenters. The molecule has 28 heavy (non-hydrogen) atoms. The first-order chi connectivity index (χ1) is 13.3. The number of rotatable bonds is 8. The largest absolute Gasteiger partial charge is 0.483 e. The van der Waals surface area contributed by atoms with Gasteiger partial charge in [-0.1, -0.05) is 56.3 Å². The summed E-state index contributed by atoms with van der Waals surface area (Å²) < 4.78 is 5.85. The van der Waals surface area contributed by atoms with Crippen molar-refractivity contribution in [1.82, 2.24) is 10.2 Å². The highest BCUT2D eigenvalue weighted by Crippen LogP contribution is 2.26. The van der Waals surface area contributed by atoms with E-state index in [0.29, 0.717) is 18.2 Å². The molecular weight excluding hydrogens is 352 g/mol. The molecule has 2 amide bonds. The third-order valence-corrected chi connectivity index (χ3v) is 4.91. The van der Waals surface area contributed by atoms with E-state index >= 15 is 0 Å². The van der Waals surface area contributed by atoms with Crippen molar-refractivity contribution in [3.8, 4) is 5.75 Å². The van der Waals surface area contributed by atoms with Gasteiger partial charge in [0.2, 0.25) is 5.91 Å². The Morgan fingerprint density at radius 3 is 2.32 bits per heavy atom. The topological polar surface area (TPSA) is 58.6 Å². The zero-order valence-corrected chi connectivity index (χ0v) is 17.4. The van der Waals surface area contributed by atoms with Crippen LogP contribution in [0, 0.1) is 6.92 Å². The minimum absolute atomic E-state index is 0.114. The van der Waals surface area contributed by atoms with Crippen LogP contribution in [-0.4, -0.2) is 36.4 Å².